The van der Waals surface area contributed by atoms with E-state index in [0.29, 0.717) is 18.6 Å². The van der Waals surface area contributed by atoms with Crippen molar-refractivity contribution in [1.29, 1.82) is 0 Å². The second kappa shape index (κ2) is 9.88. The predicted molar refractivity (Wildman–Crippen MR) is 96.6 cm³/mol. The minimum Gasteiger partial charge on any atom is -0.490 e. The van der Waals surface area contributed by atoms with Gasteiger partial charge in [0.1, 0.15) is 30.2 Å². The molecule has 0 saturated carbocycles. The van der Waals surface area contributed by atoms with E-state index in [-0.39, 0.29) is 18.4 Å². The van der Waals surface area contributed by atoms with E-state index in [0.717, 1.165) is 25.7 Å². The van der Waals surface area contributed by atoms with Gasteiger partial charge in [-0.3, -0.25) is 14.4 Å². The lowest BCUT2D eigenvalue weighted by molar-refractivity contribution is -0.162. The normalized spacial score (nSPS) is 26.1. The van der Waals surface area contributed by atoms with E-state index in [4.69, 9.17) is 14.2 Å². The van der Waals surface area contributed by atoms with Crippen LogP contribution in [-0.2, 0) is 28.6 Å². The maximum atomic E-state index is 12.4. The Morgan fingerprint density at radius 2 is 1.96 bits per heavy atom. The number of ketones is 1. The lowest BCUT2D eigenvalue weighted by Crippen LogP contribution is -2.45. The van der Waals surface area contributed by atoms with Crippen molar-refractivity contribution < 1.29 is 33.7 Å². The van der Waals surface area contributed by atoms with Gasteiger partial charge in [0, 0.05) is 26.7 Å². The van der Waals surface area contributed by atoms with Crippen LogP contribution in [0.25, 0.3) is 0 Å². The highest BCUT2D eigenvalue weighted by Gasteiger charge is 2.43. The molecule has 0 unspecified atom stereocenters. The lowest BCUT2D eigenvalue weighted by Gasteiger charge is -2.38. The molecule has 0 amide bonds. The molecule has 0 spiro atoms. The molecule has 7 heteroatoms. The molecular formula is C20H30O7. The molecule has 0 radical (unpaired) electrons. The first-order chi connectivity index (χ1) is 12.8. The number of esters is 2. The zero-order valence-electron chi connectivity index (χ0n) is 16.4. The molecule has 2 rings (SSSR count). The molecule has 0 aromatic carbocycles. The van der Waals surface area contributed by atoms with E-state index >= 15 is 0 Å². The van der Waals surface area contributed by atoms with Crippen molar-refractivity contribution in [3.8, 4) is 0 Å². The summed E-state index contributed by atoms with van der Waals surface area (Å²) in [6, 6.07) is 0. The molecule has 4 atom stereocenters. The molecule has 1 aliphatic carbocycles. The fourth-order valence-corrected chi connectivity index (χ4v) is 3.71. The van der Waals surface area contributed by atoms with Gasteiger partial charge in [0.2, 0.25) is 0 Å². The van der Waals surface area contributed by atoms with E-state index in [9.17, 15) is 19.5 Å². The fraction of sp³-hybridized carbons (Fsp3) is 0.750. The summed E-state index contributed by atoms with van der Waals surface area (Å²) in [6.45, 7) is 4.76. The SMILES string of the molecule is CCCCCC[C@H](OC(C)=O)[C@@H]1C[C@@H](OC(C)=O)C2=C(CC[C@H](O)C2=O)O1. The number of carbonyl (C=O) groups is 3. The summed E-state index contributed by atoms with van der Waals surface area (Å²) < 4.78 is 16.9. The highest BCUT2D eigenvalue weighted by atomic mass is 16.6. The Morgan fingerprint density at radius 1 is 1.22 bits per heavy atom. The zero-order chi connectivity index (χ0) is 20.0. The molecule has 0 aromatic rings. The van der Waals surface area contributed by atoms with Gasteiger partial charge in [0.25, 0.3) is 0 Å². The average Bonchev–Trinajstić information content (AvgIpc) is 2.59. The number of carbonyl (C=O) groups excluding carboxylic acids is 3. The molecule has 0 aromatic heterocycles. The topological polar surface area (TPSA) is 99.1 Å². The number of Topliss-reactive ketones (excluding diaryl/α,β-unsaturated/α-hetero) is 1. The quantitative estimate of drug-likeness (QED) is 0.509. The molecule has 1 heterocycles. The fourth-order valence-electron chi connectivity index (χ4n) is 3.71. The van der Waals surface area contributed by atoms with Crippen molar-refractivity contribution in [2.45, 2.75) is 96.6 Å². The van der Waals surface area contributed by atoms with Crippen LogP contribution in [0.4, 0.5) is 0 Å². The Kier molecular flexibility index (Phi) is 7.83. The summed E-state index contributed by atoms with van der Waals surface area (Å²) in [5.74, 6) is -0.906. The number of allylic oxidation sites excluding steroid dienone is 1. The minimum atomic E-state index is -1.10. The number of rotatable bonds is 8. The number of aliphatic hydroxyl groups excluding tert-OH is 1. The maximum Gasteiger partial charge on any atom is 0.303 e. The van der Waals surface area contributed by atoms with Gasteiger partial charge in [0.05, 0.1) is 5.57 Å². The third-order valence-electron chi connectivity index (χ3n) is 4.96. The lowest BCUT2D eigenvalue weighted by atomic mass is 9.84. The standard InChI is InChI=1S/C20H30O7/c1-4-5-6-7-8-15(25-12(2)21)17-11-18(26-13(3)22)19-16(27-17)10-9-14(23)20(19)24/h14-15,17-18,23H,4-11H2,1-3H3/t14-,15-,17-,18+/m0/s1. The molecule has 1 aliphatic heterocycles. The summed E-state index contributed by atoms with van der Waals surface area (Å²) in [5.41, 5.74) is 0.243. The monoisotopic (exact) mass is 382 g/mol. The molecular weight excluding hydrogens is 352 g/mol. The second-order valence-corrected chi connectivity index (χ2v) is 7.24. The van der Waals surface area contributed by atoms with E-state index in [1.165, 1.54) is 13.8 Å². The van der Waals surface area contributed by atoms with Gasteiger partial charge in [0.15, 0.2) is 5.78 Å². The molecule has 7 nitrogen and oxygen atoms in total. The Labute approximate surface area is 160 Å². The van der Waals surface area contributed by atoms with Crippen LogP contribution in [0.15, 0.2) is 11.3 Å². The van der Waals surface area contributed by atoms with E-state index in [2.05, 4.69) is 6.92 Å². The molecule has 27 heavy (non-hydrogen) atoms. The van der Waals surface area contributed by atoms with Gasteiger partial charge >= 0.3 is 11.9 Å². The third-order valence-corrected chi connectivity index (χ3v) is 4.96. The number of hydrogen-bond donors (Lipinski definition) is 1. The summed E-state index contributed by atoms with van der Waals surface area (Å²) >= 11 is 0. The highest BCUT2D eigenvalue weighted by Crippen LogP contribution is 2.37. The van der Waals surface area contributed by atoms with E-state index in [1.54, 1.807) is 0 Å². The first-order valence-electron chi connectivity index (χ1n) is 9.79. The van der Waals surface area contributed by atoms with Crippen molar-refractivity contribution in [3.63, 3.8) is 0 Å². The van der Waals surface area contributed by atoms with Crippen molar-refractivity contribution in [2.24, 2.45) is 0 Å². The van der Waals surface area contributed by atoms with Gasteiger partial charge in [-0.05, 0) is 19.3 Å². The van der Waals surface area contributed by atoms with Crippen LogP contribution in [-0.4, -0.2) is 47.2 Å². The van der Waals surface area contributed by atoms with Crippen LogP contribution >= 0.6 is 0 Å². The number of hydrogen-bond acceptors (Lipinski definition) is 7. The summed E-state index contributed by atoms with van der Waals surface area (Å²) in [7, 11) is 0. The Bertz CT molecular complexity index is 595. The molecule has 2 aliphatic rings. The third kappa shape index (κ3) is 5.79. The first-order valence-corrected chi connectivity index (χ1v) is 9.79. The van der Waals surface area contributed by atoms with Gasteiger partial charge in [-0.15, -0.1) is 0 Å². The van der Waals surface area contributed by atoms with Gasteiger partial charge < -0.3 is 19.3 Å². The van der Waals surface area contributed by atoms with Crippen LogP contribution in [0.2, 0.25) is 0 Å². The van der Waals surface area contributed by atoms with Crippen molar-refractivity contribution in [1.82, 2.24) is 0 Å². The molecule has 0 fully saturated rings. The smallest absolute Gasteiger partial charge is 0.303 e. The van der Waals surface area contributed by atoms with E-state index < -0.39 is 42.1 Å². The van der Waals surface area contributed by atoms with Crippen LogP contribution in [0.1, 0.15) is 72.1 Å². The Hall–Kier alpha value is -1.89. The molecule has 1 N–H and O–H groups in total. The summed E-state index contributed by atoms with van der Waals surface area (Å²) in [4.78, 5) is 35.5. The number of ether oxygens (including phenoxy) is 3. The second-order valence-electron chi connectivity index (χ2n) is 7.24. The van der Waals surface area contributed by atoms with Gasteiger partial charge in [-0.1, -0.05) is 26.2 Å². The first kappa shape index (κ1) is 21.4. The van der Waals surface area contributed by atoms with Crippen LogP contribution in [0.5, 0.6) is 0 Å². The van der Waals surface area contributed by atoms with Crippen molar-refractivity contribution in [2.75, 3.05) is 0 Å². The summed E-state index contributed by atoms with van der Waals surface area (Å²) in [5, 5.41) is 9.88. The zero-order valence-corrected chi connectivity index (χ0v) is 16.4. The molecule has 152 valence electrons. The van der Waals surface area contributed by atoms with Gasteiger partial charge in [-0.2, -0.15) is 0 Å². The largest absolute Gasteiger partial charge is 0.490 e. The van der Waals surface area contributed by atoms with Crippen LogP contribution < -0.4 is 0 Å². The minimum absolute atomic E-state index is 0.225. The average molecular weight is 382 g/mol. The van der Waals surface area contributed by atoms with E-state index in [1.807, 2.05) is 0 Å². The van der Waals surface area contributed by atoms with Crippen molar-refractivity contribution in [3.05, 3.63) is 11.3 Å². The number of unbranched alkanes of at least 4 members (excludes halogenated alkanes) is 3. The molecule has 0 bridgehead atoms. The van der Waals surface area contributed by atoms with Crippen LogP contribution in [0, 0.1) is 0 Å². The predicted octanol–water partition coefficient (Wildman–Crippen LogP) is 2.59. The van der Waals surface area contributed by atoms with Gasteiger partial charge in [-0.25, -0.2) is 0 Å². The maximum absolute atomic E-state index is 12.4. The summed E-state index contributed by atoms with van der Waals surface area (Å²) in [6.07, 6.45) is 2.84. The van der Waals surface area contributed by atoms with Crippen molar-refractivity contribution >= 4 is 17.7 Å². The Morgan fingerprint density at radius 3 is 2.59 bits per heavy atom. The Balaban J connectivity index is 2.20. The molecule has 0 saturated heterocycles. The highest BCUT2D eigenvalue weighted by molar-refractivity contribution is 6.01. The van der Waals surface area contributed by atoms with Crippen LogP contribution in [0.3, 0.4) is 0 Å². The number of aliphatic hydroxyl groups is 1.